The number of rotatable bonds is 3. The average Bonchev–Trinajstić information content (AvgIpc) is 2.32. The number of nitrogens with two attached hydrogens (primary N) is 1. The molecule has 0 heterocycles. The van der Waals surface area contributed by atoms with Crippen LogP contribution in [0.1, 0.15) is 5.56 Å². The van der Waals surface area contributed by atoms with E-state index >= 15 is 0 Å². The van der Waals surface area contributed by atoms with Gasteiger partial charge in [-0.25, -0.2) is 0 Å². The fraction of sp³-hybridized carbons (Fsp3) is 0. The molecule has 0 unspecified atom stereocenters. The molecule has 2 rings (SSSR count). The molecular formula is C13H10BrClN2S. The van der Waals surface area contributed by atoms with Crippen molar-refractivity contribution in [1.29, 1.82) is 0 Å². The molecule has 0 radical (unpaired) electrons. The van der Waals surface area contributed by atoms with Gasteiger partial charge in [-0.05, 0) is 46.3 Å². The van der Waals surface area contributed by atoms with Crippen molar-refractivity contribution in [3.8, 4) is 0 Å². The van der Waals surface area contributed by atoms with Gasteiger partial charge in [-0.3, -0.25) is 0 Å². The minimum absolute atomic E-state index is 0.299. The standard InChI is InChI=1S/C13H10BrClN2S/c14-10-3-1-2-4-12(10)17-8-5-6-9(13(16)18)11(15)7-8/h1-7,17H,(H2,16,18). The molecule has 0 bridgehead atoms. The number of anilines is 2. The highest BCUT2D eigenvalue weighted by atomic mass is 79.9. The molecule has 3 N–H and O–H groups in total. The summed E-state index contributed by atoms with van der Waals surface area (Å²) >= 11 is 14.5. The van der Waals surface area contributed by atoms with Crippen LogP contribution < -0.4 is 11.1 Å². The van der Waals surface area contributed by atoms with Gasteiger partial charge in [-0.1, -0.05) is 36.0 Å². The molecule has 0 atom stereocenters. The molecule has 5 heteroatoms. The molecule has 92 valence electrons. The maximum atomic E-state index is 6.11. The lowest BCUT2D eigenvalue weighted by Gasteiger charge is -2.10. The van der Waals surface area contributed by atoms with Crippen LogP contribution in [0.5, 0.6) is 0 Å². The number of hydrogen-bond acceptors (Lipinski definition) is 2. The molecule has 0 aliphatic heterocycles. The van der Waals surface area contributed by atoms with Gasteiger partial charge in [-0.15, -0.1) is 0 Å². The van der Waals surface area contributed by atoms with Crippen molar-refractivity contribution in [3.05, 3.63) is 57.5 Å². The minimum Gasteiger partial charge on any atom is -0.389 e. The first kappa shape index (κ1) is 13.3. The Labute approximate surface area is 124 Å². The Kier molecular flexibility index (Phi) is 4.22. The van der Waals surface area contributed by atoms with E-state index in [0.29, 0.717) is 15.6 Å². The molecule has 0 saturated heterocycles. The lowest BCUT2D eigenvalue weighted by Crippen LogP contribution is -2.09. The molecule has 2 aromatic rings. The van der Waals surface area contributed by atoms with E-state index < -0.39 is 0 Å². The van der Waals surface area contributed by atoms with E-state index in [0.717, 1.165) is 15.8 Å². The van der Waals surface area contributed by atoms with Crippen molar-refractivity contribution in [2.24, 2.45) is 5.73 Å². The van der Waals surface area contributed by atoms with Gasteiger partial charge in [0.2, 0.25) is 0 Å². The zero-order valence-electron chi connectivity index (χ0n) is 9.28. The zero-order valence-corrected chi connectivity index (χ0v) is 12.4. The smallest absolute Gasteiger partial charge is 0.105 e. The first-order valence-electron chi connectivity index (χ1n) is 5.19. The van der Waals surface area contributed by atoms with Crippen molar-refractivity contribution in [2.75, 3.05) is 5.32 Å². The molecular weight excluding hydrogens is 332 g/mol. The third-order valence-electron chi connectivity index (χ3n) is 2.39. The summed E-state index contributed by atoms with van der Waals surface area (Å²) in [6, 6.07) is 13.3. The second-order valence-electron chi connectivity index (χ2n) is 3.66. The number of nitrogens with one attached hydrogen (secondary N) is 1. The molecule has 2 aromatic carbocycles. The summed E-state index contributed by atoms with van der Waals surface area (Å²) in [6.07, 6.45) is 0. The number of thiocarbonyl (C=S) groups is 1. The molecule has 0 aliphatic carbocycles. The van der Waals surface area contributed by atoms with Crippen molar-refractivity contribution < 1.29 is 0 Å². The normalized spacial score (nSPS) is 10.1. The van der Waals surface area contributed by atoms with Crippen LogP contribution in [0.3, 0.4) is 0 Å². The van der Waals surface area contributed by atoms with Crippen molar-refractivity contribution in [3.63, 3.8) is 0 Å². The van der Waals surface area contributed by atoms with Gasteiger partial charge in [-0.2, -0.15) is 0 Å². The number of hydrogen-bond donors (Lipinski definition) is 2. The van der Waals surface area contributed by atoms with Gasteiger partial charge in [0, 0.05) is 15.7 Å². The average molecular weight is 342 g/mol. The number of halogens is 2. The van der Waals surface area contributed by atoms with E-state index in [2.05, 4.69) is 21.2 Å². The lowest BCUT2D eigenvalue weighted by molar-refractivity contribution is 1.51. The van der Waals surface area contributed by atoms with Crippen LogP contribution in [0.4, 0.5) is 11.4 Å². The summed E-state index contributed by atoms with van der Waals surface area (Å²) < 4.78 is 0.986. The van der Waals surface area contributed by atoms with E-state index in [-0.39, 0.29) is 0 Å². The summed E-state index contributed by atoms with van der Waals surface area (Å²) in [7, 11) is 0. The van der Waals surface area contributed by atoms with E-state index in [4.69, 9.17) is 29.6 Å². The molecule has 0 aliphatic rings. The molecule has 0 aromatic heterocycles. The van der Waals surface area contributed by atoms with Crippen molar-refractivity contribution in [1.82, 2.24) is 0 Å². The van der Waals surface area contributed by atoms with E-state index in [1.807, 2.05) is 36.4 Å². The molecule has 0 fully saturated rings. The Morgan fingerprint density at radius 3 is 2.56 bits per heavy atom. The quantitative estimate of drug-likeness (QED) is 0.808. The van der Waals surface area contributed by atoms with Gasteiger partial charge in [0.1, 0.15) is 4.99 Å². The summed E-state index contributed by atoms with van der Waals surface area (Å²) in [5.74, 6) is 0. The first-order valence-corrected chi connectivity index (χ1v) is 6.77. The van der Waals surface area contributed by atoms with Gasteiger partial charge < -0.3 is 11.1 Å². The van der Waals surface area contributed by atoms with Crippen LogP contribution >= 0.6 is 39.7 Å². The largest absolute Gasteiger partial charge is 0.389 e. The predicted molar refractivity (Wildman–Crippen MR) is 84.8 cm³/mol. The zero-order chi connectivity index (χ0) is 13.1. The Balaban J connectivity index is 2.29. The predicted octanol–water partition coefficient (Wildman–Crippen LogP) is 4.48. The molecule has 2 nitrogen and oxygen atoms in total. The maximum absolute atomic E-state index is 6.11. The van der Waals surface area contributed by atoms with Crippen LogP contribution in [-0.4, -0.2) is 4.99 Å². The minimum atomic E-state index is 0.299. The lowest BCUT2D eigenvalue weighted by atomic mass is 10.2. The SMILES string of the molecule is NC(=S)c1ccc(Nc2ccccc2Br)cc1Cl. The molecule has 0 saturated carbocycles. The van der Waals surface area contributed by atoms with Crippen molar-refractivity contribution >= 4 is 56.1 Å². The number of benzene rings is 2. The summed E-state index contributed by atoms with van der Waals surface area (Å²) in [4.78, 5) is 0.299. The first-order chi connectivity index (χ1) is 8.58. The second kappa shape index (κ2) is 5.69. The second-order valence-corrected chi connectivity index (χ2v) is 5.37. The summed E-state index contributed by atoms with van der Waals surface area (Å²) in [6.45, 7) is 0. The molecule has 0 spiro atoms. The third-order valence-corrected chi connectivity index (χ3v) is 3.61. The summed E-state index contributed by atoms with van der Waals surface area (Å²) in [5.41, 5.74) is 8.10. The van der Waals surface area contributed by atoms with E-state index in [1.54, 1.807) is 6.07 Å². The highest BCUT2D eigenvalue weighted by molar-refractivity contribution is 9.10. The van der Waals surface area contributed by atoms with Crippen LogP contribution in [0.2, 0.25) is 5.02 Å². The Bertz CT molecular complexity index is 601. The fourth-order valence-electron chi connectivity index (χ4n) is 1.51. The van der Waals surface area contributed by atoms with Crippen LogP contribution in [0, 0.1) is 0 Å². The number of para-hydroxylation sites is 1. The Morgan fingerprint density at radius 1 is 1.22 bits per heavy atom. The van der Waals surface area contributed by atoms with Crippen LogP contribution in [0.15, 0.2) is 46.9 Å². The molecule has 18 heavy (non-hydrogen) atoms. The monoisotopic (exact) mass is 340 g/mol. The van der Waals surface area contributed by atoms with Gasteiger partial charge in [0.05, 0.1) is 10.7 Å². The highest BCUT2D eigenvalue weighted by Crippen LogP contribution is 2.27. The van der Waals surface area contributed by atoms with E-state index in [1.165, 1.54) is 0 Å². The van der Waals surface area contributed by atoms with Crippen LogP contribution in [-0.2, 0) is 0 Å². The fourth-order valence-corrected chi connectivity index (χ4v) is 2.41. The van der Waals surface area contributed by atoms with Crippen LogP contribution in [0.25, 0.3) is 0 Å². The van der Waals surface area contributed by atoms with Gasteiger partial charge >= 0.3 is 0 Å². The molecule has 0 amide bonds. The Morgan fingerprint density at radius 2 is 1.94 bits per heavy atom. The van der Waals surface area contributed by atoms with Gasteiger partial charge in [0.25, 0.3) is 0 Å². The summed E-state index contributed by atoms with van der Waals surface area (Å²) in [5, 5.41) is 3.81. The van der Waals surface area contributed by atoms with Crippen molar-refractivity contribution in [2.45, 2.75) is 0 Å². The van der Waals surface area contributed by atoms with E-state index in [9.17, 15) is 0 Å². The van der Waals surface area contributed by atoms with Gasteiger partial charge in [0.15, 0.2) is 0 Å². The Hall–Kier alpha value is -1.10. The third kappa shape index (κ3) is 3.02. The maximum Gasteiger partial charge on any atom is 0.105 e. The highest BCUT2D eigenvalue weighted by Gasteiger charge is 2.05. The topological polar surface area (TPSA) is 38.0 Å².